The molecule has 5 rings (SSSR count). The number of hydrogen-bond donors (Lipinski definition) is 3. The number of aromatic nitrogens is 3. The van der Waals surface area contributed by atoms with Crippen molar-refractivity contribution in [3.05, 3.63) is 83.9 Å². The van der Waals surface area contributed by atoms with Gasteiger partial charge in [0.2, 0.25) is 5.95 Å². The first-order valence-electron chi connectivity index (χ1n) is 12.3. The number of aryl methyl sites for hydroxylation is 1. The van der Waals surface area contributed by atoms with E-state index in [1.165, 1.54) is 0 Å². The van der Waals surface area contributed by atoms with E-state index in [-0.39, 0.29) is 24.9 Å². The summed E-state index contributed by atoms with van der Waals surface area (Å²) in [7, 11) is -3.80. The average Bonchev–Trinajstić information content (AvgIpc) is 3.19. The quantitative estimate of drug-likeness (QED) is 0.411. The van der Waals surface area contributed by atoms with Crippen molar-refractivity contribution < 1.29 is 18.0 Å². The Labute approximate surface area is 226 Å². The molecule has 200 valence electrons. The first-order chi connectivity index (χ1) is 18.7. The molecular weight excluding hydrogens is 518 g/mol. The minimum Gasteiger partial charge on any atom is -0.324 e. The van der Waals surface area contributed by atoms with Gasteiger partial charge in [-0.1, -0.05) is 25.1 Å². The highest BCUT2D eigenvalue weighted by atomic mass is 32.2. The first-order valence-corrected chi connectivity index (χ1v) is 13.8. The molecule has 1 saturated heterocycles. The highest BCUT2D eigenvalue weighted by Crippen LogP contribution is 2.29. The Morgan fingerprint density at radius 2 is 2.03 bits per heavy atom. The highest BCUT2D eigenvalue weighted by Gasteiger charge is 2.36. The van der Waals surface area contributed by atoms with E-state index in [9.17, 15) is 18.0 Å². The van der Waals surface area contributed by atoms with Crippen molar-refractivity contribution in [2.45, 2.75) is 20.3 Å². The second-order valence-corrected chi connectivity index (χ2v) is 11.1. The molecule has 11 nitrogen and oxygen atoms in total. The molecule has 1 unspecified atom stereocenters. The molecule has 1 aromatic carbocycles. The van der Waals surface area contributed by atoms with Gasteiger partial charge in [0, 0.05) is 41.1 Å². The molecule has 1 atom stereocenters. The fourth-order valence-electron chi connectivity index (χ4n) is 4.33. The van der Waals surface area contributed by atoms with Crippen LogP contribution in [0.4, 0.5) is 17.3 Å². The predicted octanol–water partition coefficient (Wildman–Crippen LogP) is 3.10. The van der Waals surface area contributed by atoms with Crippen molar-refractivity contribution in [1.82, 2.24) is 24.0 Å². The number of pyridine rings is 1. The zero-order chi connectivity index (χ0) is 27.6. The van der Waals surface area contributed by atoms with E-state index < -0.39 is 16.1 Å². The van der Waals surface area contributed by atoms with Crippen LogP contribution in [-0.4, -0.2) is 52.6 Å². The van der Waals surface area contributed by atoms with E-state index in [2.05, 4.69) is 30.3 Å². The van der Waals surface area contributed by atoms with Gasteiger partial charge >= 0.3 is 10.2 Å². The monoisotopic (exact) mass is 545 g/mol. The fraction of sp³-hybridized carbons (Fsp3) is 0.222. The topological polar surface area (TPSA) is 146 Å². The van der Waals surface area contributed by atoms with Crippen LogP contribution in [0.5, 0.6) is 0 Å². The number of rotatable bonds is 7. The van der Waals surface area contributed by atoms with Gasteiger partial charge in [-0.05, 0) is 60.7 Å². The van der Waals surface area contributed by atoms with E-state index in [4.69, 9.17) is 0 Å². The van der Waals surface area contributed by atoms with Crippen LogP contribution in [0, 0.1) is 12.8 Å². The van der Waals surface area contributed by atoms with E-state index in [1.807, 2.05) is 50.2 Å². The second-order valence-electron chi connectivity index (χ2n) is 9.38. The van der Waals surface area contributed by atoms with Gasteiger partial charge in [0.1, 0.15) is 0 Å². The number of benzene rings is 1. The van der Waals surface area contributed by atoms with Crippen LogP contribution in [0.3, 0.4) is 0 Å². The SMILES string of the molecule is Cc1ccc(NC(=O)C2=CC=C(CN3C(=O)CNS3(=O)=O)C(C)C2)cc1Nc1nccc(-c2cccnc2)n1. The third kappa shape index (κ3) is 5.86. The minimum absolute atomic E-state index is 0.0300. The number of allylic oxidation sites excluding steroid dienone is 2. The average molecular weight is 546 g/mol. The normalized spacial score (nSPS) is 18.4. The molecule has 2 aliphatic rings. The smallest absolute Gasteiger partial charge is 0.304 e. The van der Waals surface area contributed by atoms with Gasteiger partial charge in [-0.2, -0.15) is 13.1 Å². The number of nitrogens with one attached hydrogen (secondary N) is 3. The molecule has 3 N–H and O–H groups in total. The highest BCUT2D eigenvalue weighted by molar-refractivity contribution is 7.88. The number of amides is 2. The van der Waals surface area contributed by atoms with Crippen LogP contribution in [0.1, 0.15) is 18.9 Å². The summed E-state index contributed by atoms with van der Waals surface area (Å²) < 4.78 is 27.2. The molecule has 12 heteroatoms. The molecule has 2 aromatic heterocycles. The zero-order valence-electron chi connectivity index (χ0n) is 21.4. The maximum Gasteiger partial charge on any atom is 0.304 e. The summed E-state index contributed by atoms with van der Waals surface area (Å²) in [6, 6.07) is 11.1. The van der Waals surface area contributed by atoms with Gasteiger partial charge in [-0.25, -0.2) is 14.3 Å². The van der Waals surface area contributed by atoms with Crippen molar-refractivity contribution in [2.75, 3.05) is 23.7 Å². The van der Waals surface area contributed by atoms with Crippen molar-refractivity contribution in [1.29, 1.82) is 0 Å². The molecule has 0 bridgehead atoms. The standard InChI is InChI=1S/C27H27N7O4S/c1-17-5-8-22(13-24(17)33-27-29-11-9-23(32-27)20-4-3-10-28-14-20)31-26(36)19-6-7-21(18(2)12-19)16-34-25(35)15-30-39(34,37)38/h3-11,13-14,18,30H,12,15-16H2,1-2H3,(H,31,36)(H,29,32,33). The number of nitrogens with zero attached hydrogens (tertiary/aromatic N) is 4. The summed E-state index contributed by atoms with van der Waals surface area (Å²) in [5, 5.41) is 6.16. The van der Waals surface area contributed by atoms with E-state index in [1.54, 1.807) is 30.7 Å². The molecule has 39 heavy (non-hydrogen) atoms. The summed E-state index contributed by atoms with van der Waals surface area (Å²) in [6.07, 6.45) is 8.92. The summed E-state index contributed by atoms with van der Waals surface area (Å²) in [5.41, 5.74) is 5.22. The fourth-order valence-corrected chi connectivity index (χ4v) is 5.44. The predicted molar refractivity (Wildman–Crippen MR) is 147 cm³/mol. The van der Waals surface area contributed by atoms with Crippen LogP contribution < -0.4 is 15.4 Å². The maximum atomic E-state index is 13.0. The molecule has 3 aromatic rings. The molecule has 0 radical (unpaired) electrons. The lowest BCUT2D eigenvalue weighted by Gasteiger charge is -2.24. The molecule has 3 heterocycles. The molecule has 1 fully saturated rings. The van der Waals surface area contributed by atoms with Gasteiger partial charge in [0.25, 0.3) is 11.8 Å². The van der Waals surface area contributed by atoms with Crippen LogP contribution in [0.2, 0.25) is 0 Å². The lowest BCUT2D eigenvalue weighted by atomic mass is 9.88. The minimum atomic E-state index is -3.80. The third-order valence-electron chi connectivity index (χ3n) is 6.60. The van der Waals surface area contributed by atoms with Crippen LogP contribution in [-0.2, 0) is 19.8 Å². The van der Waals surface area contributed by atoms with Gasteiger partial charge in [0.15, 0.2) is 0 Å². The lowest BCUT2D eigenvalue weighted by Crippen LogP contribution is -2.35. The second kappa shape index (κ2) is 10.8. The molecular formula is C27H27N7O4S. The van der Waals surface area contributed by atoms with Gasteiger partial charge in [-0.3, -0.25) is 14.6 Å². The van der Waals surface area contributed by atoms with Crippen molar-refractivity contribution in [3.63, 3.8) is 0 Å². The third-order valence-corrected chi connectivity index (χ3v) is 8.03. The molecule has 1 aliphatic heterocycles. The van der Waals surface area contributed by atoms with E-state index in [0.717, 1.165) is 32.4 Å². The number of carbonyl (C=O) groups excluding carboxylic acids is 2. The largest absolute Gasteiger partial charge is 0.324 e. The van der Waals surface area contributed by atoms with Gasteiger partial charge in [0.05, 0.1) is 18.8 Å². The number of hydrogen-bond acceptors (Lipinski definition) is 8. The van der Waals surface area contributed by atoms with Gasteiger partial charge in [-0.15, -0.1) is 0 Å². The van der Waals surface area contributed by atoms with E-state index in [0.29, 0.717) is 23.6 Å². The Morgan fingerprint density at radius 1 is 1.18 bits per heavy atom. The summed E-state index contributed by atoms with van der Waals surface area (Å²) in [6.45, 7) is 3.58. The van der Waals surface area contributed by atoms with Crippen molar-refractivity contribution >= 4 is 39.3 Å². The Hall–Kier alpha value is -4.42. The number of anilines is 3. The van der Waals surface area contributed by atoms with Crippen LogP contribution >= 0.6 is 0 Å². The first kappa shape index (κ1) is 26.2. The zero-order valence-corrected chi connectivity index (χ0v) is 22.2. The molecule has 2 amide bonds. The number of carbonyl (C=O) groups is 2. The Bertz CT molecular complexity index is 1600. The molecule has 1 aliphatic carbocycles. The summed E-state index contributed by atoms with van der Waals surface area (Å²) >= 11 is 0. The Kier molecular flexibility index (Phi) is 7.22. The lowest BCUT2D eigenvalue weighted by molar-refractivity contribution is -0.123. The van der Waals surface area contributed by atoms with E-state index >= 15 is 0 Å². The van der Waals surface area contributed by atoms with Crippen LogP contribution in [0.25, 0.3) is 11.3 Å². The van der Waals surface area contributed by atoms with Crippen LogP contribution in [0.15, 0.2) is 78.3 Å². The summed E-state index contributed by atoms with van der Waals surface area (Å²) in [5.74, 6) is -0.445. The van der Waals surface area contributed by atoms with Crippen molar-refractivity contribution in [2.24, 2.45) is 5.92 Å². The maximum absolute atomic E-state index is 13.0. The van der Waals surface area contributed by atoms with Gasteiger partial charge < -0.3 is 10.6 Å². The van der Waals surface area contributed by atoms with Crippen molar-refractivity contribution in [3.8, 4) is 11.3 Å². The Balaban J connectivity index is 1.28. The molecule has 0 spiro atoms. The Morgan fingerprint density at radius 3 is 2.74 bits per heavy atom. The summed E-state index contributed by atoms with van der Waals surface area (Å²) in [4.78, 5) is 38.0. The molecule has 0 saturated carbocycles.